The third-order valence-electron chi connectivity index (χ3n) is 2.28. The van der Waals surface area contributed by atoms with Crippen molar-refractivity contribution in [3.05, 3.63) is 18.0 Å². The summed E-state index contributed by atoms with van der Waals surface area (Å²) in [6.07, 6.45) is 3.12. The predicted octanol–water partition coefficient (Wildman–Crippen LogP) is -0.202. The van der Waals surface area contributed by atoms with Crippen molar-refractivity contribution in [3.63, 3.8) is 0 Å². The van der Waals surface area contributed by atoms with Crippen molar-refractivity contribution in [3.8, 4) is 0 Å². The lowest BCUT2D eigenvalue weighted by Gasteiger charge is -2.11. The third kappa shape index (κ3) is 2.03. The number of fused-ring (bicyclic) bond motifs is 1. The maximum atomic E-state index is 11.4. The molecule has 1 amide bonds. The number of nitrogens with one attached hydrogen (secondary N) is 2. The Bertz CT molecular complexity index is 584. The van der Waals surface area contributed by atoms with Gasteiger partial charge in [0.05, 0.1) is 6.61 Å². The van der Waals surface area contributed by atoms with Gasteiger partial charge in [-0.3, -0.25) is 14.0 Å². The molecule has 0 aromatic carbocycles. The molecule has 2 heterocycles. The Morgan fingerprint density at radius 2 is 2.39 bits per heavy atom. The number of rotatable bonds is 5. The summed E-state index contributed by atoms with van der Waals surface area (Å²) >= 11 is 5.52. The van der Waals surface area contributed by atoms with Crippen molar-refractivity contribution in [1.29, 1.82) is 0 Å². The van der Waals surface area contributed by atoms with Gasteiger partial charge in [-0.05, 0) is 0 Å². The summed E-state index contributed by atoms with van der Waals surface area (Å²) in [4.78, 5) is 21.8. The molecule has 0 radical (unpaired) electrons. The third-order valence-corrected chi connectivity index (χ3v) is 2.46. The Hall–Kier alpha value is -2.06. The van der Waals surface area contributed by atoms with Crippen molar-refractivity contribution in [2.45, 2.75) is 0 Å². The average Bonchev–Trinajstić information content (AvgIpc) is 2.83. The number of nitrogens with zero attached hydrogens (tertiary/aromatic N) is 3. The van der Waals surface area contributed by atoms with E-state index in [1.54, 1.807) is 10.6 Å². The van der Waals surface area contributed by atoms with Gasteiger partial charge in [-0.15, -0.1) is 0 Å². The standard InChI is InChI=1S/C9H11ClN6O2/c10-15-7-5(6(11)18)8-12-1-3-16(8)9(14-7)13-2-4-17/h1,3,15,17H,2,4H2,(H2,11,18)(H,13,14). The molecule has 9 heteroatoms. The van der Waals surface area contributed by atoms with E-state index in [0.29, 0.717) is 18.1 Å². The lowest BCUT2D eigenvalue weighted by atomic mass is 10.3. The van der Waals surface area contributed by atoms with Crippen LogP contribution in [0.3, 0.4) is 0 Å². The summed E-state index contributed by atoms with van der Waals surface area (Å²) in [5, 5.41) is 11.7. The van der Waals surface area contributed by atoms with E-state index in [4.69, 9.17) is 22.6 Å². The second-order valence-electron chi connectivity index (χ2n) is 3.39. The lowest BCUT2D eigenvalue weighted by molar-refractivity contribution is 0.100. The van der Waals surface area contributed by atoms with E-state index in [2.05, 4.69) is 20.1 Å². The van der Waals surface area contributed by atoms with E-state index in [-0.39, 0.29) is 18.0 Å². The average molecular weight is 271 g/mol. The van der Waals surface area contributed by atoms with Gasteiger partial charge in [-0.2, -0.15) is 4.98 Å². The first-order valence-electron chi connectivity index (χ1n) is 5.07. The Morgan fingerprint density at radius 1 is 1.61 bits per heavy atom. The van der Waals surface area contributed by atoms with Crippen LogP contribution in [0.4, 0.5) is 11.8 Å². The number of hydrogen-bond donors (Lipinski definition) is 4. The fraction of sp³-hybridized carbons (Fsp3) is 0.222. The summed E-state index contributed by atoms with van der Waals surface area (Å²) in [6, 6.07) is 0. The van der Waals surface area contributed by atoms with Crippen LogP contribution in [-0.4, -0.2) is 38.5 Å². The van der Waals surface area contributed by atoms with Gasteiger partial charge in [-0.25, -0.2) is 4.98 Å². The molecule has 0 unspecified atom stereocenters. The minimum atomic E-state index is -0.685. The molecule has 8 nitrogen and oxygen atoms in total. The summed E-state index contributed by atoms with van der Waals surface area (Å²) in [5.74, 6) is -0.177. The summed E-state index contributed by atoms with van der Waals surface area (Å²) in [5.41, 5.74) is 5.71. The normalized spacial score (nSPS) is 10.6. The molecule has 96 valence electrons. The molecule has 2 aromatic heterocycles. The maximum Gasteiger partial charge on any atom is 0.256 e. The van der Waals surface area contributed by atoms with Crippen LogP contribution in [-0.2, 0) is 0 Å². The number of amides is 1. The van der Waals surface area contributed by atoms with E-state index < -0.39 is 5.91 Å². The highest BCUT2D eigenvalue weighted by molar-refractivity contribution is 6.25. The molecule has 5 N–H and O–H groups in total. The first-order valence-corrected chi connectivity index (χ1v) is 5.45. The van der Waals surface area contributed by atoms with Crippen LogP contribution in [0.15, 0.2) is 12.4 Å². The molecule has 0 aliphatic heterocycles. The number of carbonyl (C=O) groups is 1. The molecular weight excluding hydrogens is 260 g/mol. The molecule has 0 aliphatic carbocycles. The Kier molecular flexibility index (Phi) is 3.49. The van der Waals surface area contributed by atoms with Crippen LogP contribution in [0.5, 0.6) is 0 Å². The maximum absolute atomic E-state index is 11.4. The Labute approximate surface area is 107 Å². The molecule has 0 saturated heterocycles. The van der Waals surface area contributed by atoms with E-state index in [1.807, 2.05) is 0 Å². The van der Waals surface area contributed by atoms with Crippen molar-refractivity contribution < 1.29 is 9.90 Å². The van der Waals surface area contributed by atoms with Crippen molar-refractivity contribution >= 4 is 35.1 Å². The van der Waals surface area contributed by atoms with E-state index >= 15 is 0 Å². The van der Waals surface area contributed by atoms with Gasteiger partial charge in [-0.1, -0.05) is 0 Å². The number of nitrogens with two attached hydrogens (primary N) is 1. The number of aliphatic hydroxyl groups excluding tert-OH is 1. The number of halogens is 1. The van der Waals surface area contributed by atoms with Gasteiger partial charge in [0.15, 0.2) is 11.5 Å². The number of aliphatic hydroxyl groups is 1. The highest BCUT2D eigenvalue weighted by atomic mass is 35.5. The minimum absolute atomic E-state index is 0.0565. The van der Waals surface area contributed by atoms with E-state index in [1.165, 1.54) is 6.20 Å². The zero-order chi connectivity index (χ0) is 13.1. The SMILES string of the molecule is NC(=O)c1c(NCl)nc(NCCO)n2ccnc12. The highest BCUT2D eigenvalue weighted by Crippen LogP contribution is 2.22. The first kappa shape index (κ1) is 12.4. The monoisotopic (exact) mass is 270 g/mol. The van der Waals surface area contributed by atoms with Crippen LogP contribution in [0, 0.1) is 0 Å². The second kappa shape index (κ2) is 5.07. The van der Waals surface area contributed by atoms with Crippen LogP contribution < -0.4 is 15.9 Å². The minimum Gasteiger partial charge on any atom is -0.395 e. The van der Waals surface area contributed by atoms with Crippen LogP contribution in [0.1, 0.15) is 10.4 Å². The second-order valence-corrected chi connectivity index (χ2v) is 3.58. The molecular formula is C9H11ClN6O2. The van der Waals surface area contributed by atoms with Gasteiger partial charge in [0.2, 0.25) is 5.95 Å². The van der Waals surface area contributed by atoms with Gasteiger partial charge in [0, 0.05) is 30.7 Å². The Morgan fingerprint density at radius 3 is 3.00 bits per heavy atom. The zero-order valence-electron chi connectivity index (χ0n) is 9.22. The summed E-state index contributed by atoms with van der Waals surface area (Å²) < 4.78 is 1.55. The van der Waals surface area contributed by atoms with Crippen LogP contribution >= 0.6 is 11.8 Å². The number of carbonyl (C=O) groups excluding carboxylic acids is 1. The molecule has 2 rings (SSSR count). The van der Waals surface area contributed by atoms with Crippen molar-refractivity contribution in [2.75, 3.05) is 23.3 Å². The van der Waals surface area contributed by atoms with E-state index in [9.17, 15) is 4.79 Å². The summed E-state index contributed by atoms with van der Waals surface area (Å²) in [7, 11) is 0. The smallest absolute Gasteiger partial charge is 0.256 e. The molecule has 2 aromatic rings. The molecule has 0 fully saturated rings. The van der Waals surface area contributed by atoms with Gasteiger partial charge in [0.1, 0.15) is 5.56 Å². The van der Waals surface area contributed by atoms with Crippen LogP contribution in [0.25, 0.3) is 5.65 Å². The van der Waals surface area contributed by atoms with Gasteiger partial charge < -0.3 is 16.2 Å². The number of aromatic nitrogens is 3. The number of primary amides is 1. The fourth-order valence-corrected chi connectivity index (χ4v) is 1.71. The molecule has 0 saturated carbocycles. The lowest BCUT2D eigenvalue weighted by Crippen LogP contribution is -2.18. The first-order chi connectivity index (χ1) is 8.69. The largest absolute Gasteiger partial charge is 0.395 e. The highest BCUT2D eigenvalue weighted by Gasteiger charge is 2.18. The fourth-order valence-electron chi connectivity index (χ4n) is 1.57. The number of anilines is 2. The summed E-state index contributed by atoms with van der Waals surface area (Å²) in [6.45, 7) is 0.247. The topological polar surface area (TPSA) is 118 Å². The van der Waals surface area contributed by atoms with Gasteiger partial charge in [0.25, 0.3) is 5.91 Å². The quantitative estimate of drug-likeness (QED) is 0.559. The van der Waals surface area contributed by atoms with Crippen molar-refractivity contribution in [2.24, 2.45) is 5.73 Å². The molecule has 0 bridgehead atoms. The number of imidazole rings is 1. The molecule has 0 aliphatic rings. The van der Waals surface area contributed by atoms with E-state index in [0.717, 1.165) is 0 Å². The number of hydrogen-bond acceptors (Lipinski definition) is 6. The van der Waals surface area contributed by atoms with Gasteiger partial charge >= 0.3 is 0 Å². The van der Waals surface area contributed by atoms with Crippen LogP contribution in [0.2, 0.25) is 0 Å². The predicted molar refractivity (Wildman–Crippen MR) is 66.6 cm³/mol. The molecule has 18 heavy (non-hydrogen) atoms. The molecule has 0 atom stereocenters. The molecule has 0 spiro atoms. The zero-order valence-corrected chi connectivity index (χ0v) is 9.98. The van der Waals surface area contributed by atoms with Crippen molar-refractivity contribution in [1.82, 2.24) is 14.4 Å². The Balaban J connectivity index is 2.64.